The first-order valence-corrected chi connectivity index (χ1v) is 9.77. The molecule has 1 saturated heterocycles. The topological polar surface area (TPSA) is 79.5 Å². The first kappa shape index (κ1) is 18.6. The van der Waals surface area contributed by atoms with Crippen molar-refractivity contribution in [2.45, 2.75) is 38.5 Å². The Hall–Kier alpha value is -2.15. The molecular weight excluding hydrogens is 348 g/mol. The second-order valence-corrected chi connectivity index (χ2v) is 8.43. The Morgan fingerprint density at radius 1 is 1.38 bits per heavy atom. The molecule has 0 aliphatic carbocycles. The van der Waals surface area contributed by atoms with E-state index in [1.165, 1.54) is 16.2 Å². The van der Waals surface area contributed by atoms with Crippen molar-refractivity contribution in [3.63, 3.8) is 0 Å². The average Bonchev–Trinajstić information content (AvgIpc) is 2.96. The van der Waals surface area contributed by atoms with E-state index in [9.17, 15) is 9.59 Å². The molecule has 26 heavy (non-hydrogen) atoms. The number of fused-ring (bicyclic) bond motifs is 1. The van der Waals surface area contributed by atoms with Crippen LogP contribution in [-0.4, -0.2) is 53.8 Å². The van der Waals surface area contributed by atoms with Gasteiger partial charge in [-0.2, -0.15) is 0 Å². The molecule has 1 atom stereocenters. The number of thiophene rings is 1. The largest absolute Gasteiger partial charge is 0.397 e. The lowest BCUT2D eigenvalue weighted by atomic mass is 9.78. The quantitative estimate of drug-likeness (QED) is 0.896. The minimum absolute atomic E-state index is 0.101. The summed E-state index contributed by atoms with van der Waals surface area (Å²) in [6, 6.07) is 3.96. The number of likely N-dealkylation sites (tertiary alicyclic amines) is 1. The van der Waals surface area contributed by atoms with Crippen LogP contribution in [0, 0.1) is 0 Å². The highest BCUT2D eigenvalue weighted by molar-refractivity contribution is 7.21. The first-order chi connectivity index (χ1) is 12.3. The molecule has 2 aromatic heterocycles. The van der Waals surface area contributed by atoms with Gasteiger partial charge >= 0.3 is 0 Å². The van der Waals surface area contributed by atoms with Crippen molar-refractivity contribution >= 4 is 39.1 Å². The van der Waals surface area contributed by atoms with Crippen LogP contribution >= 0.6 is 11.3 Å². The summed E-state index contributed by atoms with van der Waals surface area (Å²) in [5.41, 5.74) is 7.47. The molecule has 1 aliphatic heterocycles. The lowest BCUT2D eigenvalue weighted by Crippen LogP contribution is -2.47. The van der Waals surface area contributed by atoms with Gasteiger partial charge in [0.25, 0.3) is 5.91 Å². The van der Waals surface area contributed by atoms with E-state index in [1.807, 2.05) is 24.0 Å². The van der Waals surface area contributed by atoms with Crippen LogP contribution in [0.5, 0.6) is 0 Å². The van der Waals surface area contributed by atoms with Crippen molar-refractivity contribution in [1.82, 2.24) is 14.8 Å². The van der Waals surface area contributed by atoms with E-state index in [0.29, 0.717) is 23.5 Å². The Kier molecular flexibility index (Phi) is 4.92. The highest BCUT2D eigenvalue weighted by Crippen LogP contribution is 2.38. The number of carbonyl (C=O) groups excluding carboxylic acids is 2. The van der Waals surface area contributed by atoms with Crippen LogP contribution in [0.25, 0.3) is 10.2 Å². The third kappa shape index (κ3) is 3.16. The summed E-state index contributed by atoms with van der Waals surface area (Å²) >= 11 is 1.34. The molecule has 0 spiro atoms. The van der Waals surface area contributed by atoms with Gasteiger partial charge in [0.1, 0.15) is 9.71 Å². The Morgan fingerprint density at radius 2 is 2.12 bits per heavy atom. The number of hydrogen-bond donors (Lipinski definition) is 1. The summed E-state index contributed by atoms with van der Waals surface area (Å²) in [4.78, 5) is 34.1. The van der Waals surface area contributed by atoms with E-state index >= 15 is 0 Å². The third-order valence-corrected chi connectivity index (χ3v) is 6.27. The molecule has 2 N–H and O–H groups in total. The Labute approximate surface area is 158 Å². The first-order valence-electron chi connectivity index (χ1n) is 8.95. The third-order valence-electron chi connectivity index (χ3n) is 5.16. The van der Waals surface area contributed by atoms with Crippen LogP contribution in [0.2, 0.25) is 0 Å². The molecular formula is C19H26N4O2S. The maximum Gasteiger partial charge on any atom is 0.265 e. The SMILES string of the molecule is CCC(=O)N1CCC[C@](C)(c2ccc3c(N)c(C(=O)N(C)C)sc3n2)C1. The van der Waals surface area contributed by atoms with Gasteiger partial charge in [0, 0.05) is 50.1 Å². The lowest BCUT2D eigenvalue weighted by molar-refractivity contribution is -0.133. The molecule has 2 aromatic rings. The van der Waals surface area contributed by atoms with Crippen molar-refractivity contribution < 1.29 is 9.59 Å². The fourth-order valence-corrected chi connectivity index (χ4v) is 4.70. The number of aromatic nitrogens is 1. The molecule has 0 radical (unpaired) electrons. The van der Waals surface area contributed by atoms with Crippen LogP contribution in [0.1, 0.15) is 48.5 Å². The molecule has 0 bridgehead atoms. The van der Waals surface area contributed by atoms with Gasteiger partial charge < -0.3 is 15.5 Å². The summed E-state index contributed by atoms with van der Waals surface area (Å²) in [5.74, 6) is 0.0897. The van der Waals surface area contributed by atoms with E-state index in [1.54, 1.807) is 14.1 Å². The average molecular weight is 375 g/mol. The monoisotopic (exact) mass is 374 g/mol. The van der Waals surface area contributed by atoms with Gasteiger partial charge in [0.15, 0.2) is 0 Å². The number of nitrogens with two attached hydrogens (primary N) is 1. The zero-order chi connectivity index (χ0) is 19.1. The Morgan fingerprint density at radius 3 is 2.77 bits per heavy atom. The van der Waals surface area contributed by atoms with Crippen LogP contribution < -0.4 is 5.73 Å². The highest BCUT2D eigenvalue weighted by atomic mass is 32.1. The van der Waals surface area contributed by atoms with Gasteiger partial charge in [-0.1, -0.05) is 13.8 Å². The van der Waals surface area contributed by atoms with Gasteiger partial charge in [-0.15, -0.1) is 11.3 Å². The minimum Gasteiger partial charge on any atom is -0.397 e. The number of piperidine rings is 1. The Balaban J connectivity index is 1.98. The number of carbonyl (C=O) groups is 2. The second-order valence-electron chi connectivity index (χ2n) is 7.43. The van der Waals surface area contributed by atoms with Gasteiger partial charge in [-0.25, -0.2) is 4.98 Å². The standard InChI is InChI=1S/C19H26N4O2S/c1-5-14(24)23-10-6-9-19(2,11-23)13-8-7-12-15(20)16(18(25)22(3)4)26-17(12)21-13/h7-8H,5-6,9-11,20H2,1-4H3/t19-/m0/s1. The molecule has 0 unspecified atom stereocenters. The number of rotatable bonds is 3. The van der Waals surface area contributed by atoms with Crippen molar-refractivity contribution in [1.29, 1.82) is 0 Å². The van der Waals surface area contributed by atoms with Gasteiger partial charge in [0.05, 0.1) is 5.69 Å². The van der Waals surface area contributed by atoms with E-state index < -0.39 is 0 Å². The van der Waals surface area contributed by atoms with Crippen LogP contribution in [0.15, 0.2) is 12.1 Å². The molecule has 1 fully saturated rings. The molecule has 7 heteroatoms. The predicted molar refractivity (Wildman–Crippen MR) is 106 cm³/mol. The predicted octanol–water partition coefficient (Wildman–Crippen LogP) is 2.87. The van der Waals surface area contributed by atoms with E-state index in [-0.39, 0.29) is 17.2 Å². The zero-order valence-electron chi connectivity index (χ0n) is 15.8. The Bertz CT molecular complexity index is 861. The smallest absolute Gasteiger partial charge is 0.265 e. The molecule has 3 heterocycles. The number of nitrogen functional groups attached to an aromatic ring is 1. The maximum atomic E-state index is 12.3. The van der Waals surface area contributed by atoms with Crippen LogP contribution in [0.4, 0.5) is 5.69 Å². The van der Waals surface area contributed by atoms with Crippen LogP contribution in [-0.2, 0) is 10.2 Å². The van der Waals surface area contributed by atoms with Gasteiger partial charge in [-0.05, 0) is 25.0 Å². The molecule has 6 nitrogen and oxygen atoms in total. The second kappa shape index (κ2) is 6.87. The van der Waals surface area contributed by atoms with Crippen molar-refractivity contribution in [3.8, 4) is 0 Å². The van der Waals surface area contributed by atoms with Crippen molar-refractivity contribution in [2.75, 3.05) is 32.9 Å². The van der Waals surface area contributed by atoms with E-state index in [0.717, 1.165) is 35.3 Å². The van der Waals surface area contributed by atoms with E-state index in [2.05, 4.69) is 6.92 Å². The lowest BCUT2D eigenvalue weighted by Gasteiger charge is -2.40. The fourth-order valence-electron chi connectivity index (χ4n) is 3.58. The molecule has 3 rings (SSSR count). The van der Waals surface area contributed by atoms with Gasteiger partial charge in [-0.3, -0.25) is 9.59 Å². The number of amides is 2. The van der Waals surface area contributed by atoms with Crippen molar-refractivity contribution in [2.24, 2.45) is 0 Å². The maximum absolute atomic E-state index is 12.3. The number of nitrogens with zero attached hydrogens (tertiary/aromatic N) is 3. The molecule has 140 valence electrons. The molecule has 0 aromatic carbocycles. The summed E-state index contributed by atoms with van der Waals surface area (Å²) in [6.07, 6.45) is 2.49. The summed E-state index contributed by atoms with van der Waals surface area (Å²) in [5, 5.41) is 0.824. The normalized spacial score (nSPS) is 20.4. The summed E-state index contributed by atoms with van der Waals surface area (Å²) < 4.78 is 0. The zero-order valence-corrected chi connectivity index (χ0v) is 16.7. The summed E-state index contributed by atoms with van der Waals surface area (Å²) in [7, 11) is 3.43. The fraction of sp³-hybridized carbons (Fsp3) is 0.526. The number of pyridine rings is 1. The number of anilines is 1. The summed E-state index contributed by atoms with van der Waals surface area (Å²) in [6.45, 7) is 5.57. The molecule has 0 saturated carbocycles. The molecule has 1 aliphatic rings. The number of hydrogen-bond acceptors (Lipinski definition) is 5. The minimum atomic E-state index is -0.179. The van der Waals surface area contributed by atoms with Crippen LogP contribution in [0.3, 0.4) is 0 Å². The van der Waals surface area contributed by atoms with Gasteiger partial charge in [0.2, 0.25) is 5.91 Å². The van der Waals surface area contributed by atoms with Crippen molar-refractivity contribution in [3.05, 3.63) is 22.7 Å². The van der Waals surface area contributed by atoms with E-state index in [4.69, 9.17) is 10.7 Å². The molecule has 2 amide bonds. The highest BCUT2D eigenvalue weighted by Gasteiger charge is 2.35.